The molecule has 0 saturated carbocycles. The molecule has 4 nitrogen and oxygen atoms in total. The SMILES string of the molecule is COc1nnc(C#N)cc1C. The molecule has 4 heteroatoms. The Kier molecular flexibility index (Phi) is 2.02. The van der Waals surface area contributed by atoms with Crippen molar-refractivity contribution in [3.05, 3.63) is 17.3 Å². The van der Waals surface area contributed by atoms with Gasteiger partial charge in [0.2, 0.25) is 5.88 Å². The minimum Gasteiger partial charge on any atom is -0.480 e. The van der Waals surface area contributed by atoms with Gasteiger partial charge in [-0.05, 0) is 13.0 Å². The first kappa shape index (κ1) is 7.48. The van der Waals surface area contributed by atoms with E-state index in [1.807, 2.05) is 13.0 Å². The zero-order valence-corrected chi connectivity index (χ0v) is 6.33. The second-order valence-corrected chi connectivity index (χ2v) is 2.03. The van der Waals surface area contributed by atoms with E-state index in [9.17, 15) is 0 Å². The van der Waals surface area contributed by atoms with Crippen LogP contribution in [0.1, 0.15) is 11.3 Å². The summed E-state index contributed by atoms with van der Waals surface area (Å²) in [4.78, 5) is 0. The number of ether oxygens (including phenoxy) is 1. The molecule has 0 atom stereocenters. The molecule has 0 amide bonds. The third-order valence-electron chi connectivity index (χ3n) is 1.25. The molecule has 0 unspecified atom stereocenters. The number of nitriles is 1. The minimum absolute atomic E-state index is 0.309. The van der Waals surface area contributed by atoms with Crippen LogP contribution in [0.15, 0.2) is 6.07 Å². The lowest BCUT2D eigenvalue weighted by Crippen LogP contribution is -1.95. The van der Waals surface area contributed by atoms with E-state index >= 15 is 0 Å². The van der Waals surface area contributed by atoms with Gasteiger partial charge in [-0.25, -0.2) is 0 Å². The van der Waals surface area contributed by atoms with E-state index in [4.69, 9.17) is 10.00 Å². The van der Waals surface area contributed by atoms with E-state index in [-0.39, 0.29) is 0 Å². The number of aryl methyl sites for hydroxylation is 1. The number of hydrogen-bond donors (Lipinski definition) is 0. The van der Waals surface area contributed by atoms with Crippen molar-refractivity contribution in [2.75, 3.05) is 7.11 Å². The number of hydrogen-bond acceptors (Lipinski definition) is 4. The van der Waals surface area contributed by atoms with Gasteiger partial charge in [-0.3, -0.25) is 0 Å². The van der Waals surface area contributed by atoms with Gasteiger partial charge in [0.25, 0.3) is 0 Å². The van der Waals surface area contributed by atoms with Gasteiger partial charge < -0.3 is 4.74 Å². The second kappa shape index (κ2) is 2.97. The highest BCUT2D eigenvalue weighted by Gasteiger charge is 2.00. The Morgan fingerprint density at radius 1 is 1.55 bits per heavy atom. The third-order valence-corrected chi connectivity index (χ3v) is 1.25. The first-order chi connectivity index (χ1) is 5.27. The lowest BCUT2D eigenvalue weighted by molar-refractivity contribution is 0.388. The highest BCUT2D eigenvalue weighted by molar-refractivity contribution is 5.29. The summed E-state index contributed by atoms with van der Waals surface area (Å²) in [6.07, 6.45) is 0. The fourth-order valence-electron chi connectivity index (χ4n) is 0.730. The molecule has 1 aromatic heterocycles. The van der Waals surface area contributed by atoms with Gasteiger partial charge in [0.05, 0.1) is 7.11 Å². The lowest BCUT2D eigenvalue weighted by Gasteiger charge is -1.99. The quantitative estimate of drug-likeness (QED) is 0.588. The van der Waals surface area contributed by atoms with E-state index in [2.05, 4.69) is 10.2 Å². The predicted octanol–water partition coefficient (Wildman–Crippen LogP) is 0.665. The Morgan fingerprint density at radius 3 is 2.73 bits per heavy atom. The van der Waals surface area contributed by atoms with Gasteiger partial charge in [0.15, 0.2) is 5.69 Å². The molecule has 0 spiro atoms. The molecule has 0 aromatic carbocycles. The summed E-state index contributed by atoms with van der Waals surface area (Å²) in [5.41, 5.74) is 1.13. The van der Waals surface area contributed by atoms with Crippen LogP contribution in [-0.2, 0) is 0 Å². The average Bonchev–Trinajstić information content (AvgIpc) is 2.04. The molecule has 1 rings (SSSR count). The number of aromatic nitrogens is 2. The standard InChI is InChI=1S/C7H7N3O/c1-5-3-6(4-8)9-10-7(5)11-2/h3H,1-2H3. The zero-order chi connectivity index (χ0) is 8.27. The van der Waals surface area contributed by atoms with Crippen LogP contribution in [-0.4, -0.2) is 17.3 Å². The zero-order valence-electron chi connectivity index (χ0n) is 6.33. The van der Waals surface area contributed by atoms with Crippen LogP contribution >= 0.6 is 0 Å². The summed E-state index contributed by atoms with van der Waals surface area (Å²) in [6.45, 7) is 1.81. The topological polar surface area (TPSA) is 58.8 Å². The molecule has 0 fully saturated rings. The Bertz CT molecular complexity index is 303. The summed E-state index contributed by atoms with van der Waals surface area (Å²) in [6, 6.07) is 3.52. The van der Waals surface area contributed by atoms with E-state index in [0.29, 0.717) is 11.6 Å². The van der Waals surface area contributed by atoms with E-state index < -0.39 is 0 Å². The molecule has 0 aliphatic heterocycles. The van der Waals surface area contributed by atoms with Gasteiger partial charge in [0, 0.05) is 5.56 Å². The van der Waals surface area contributed by atoms with Gasteiger partial charge in [0.1, 0.15) is 6.07 Å². The molecular formula is C7H7N3O. The van der Waals surface area contributed by atoms with Crippen LogP contribution in [0.25, 0.3) is 0 Å². The maximum Gasteiger partial charge on any atom is 0.236 e. The van der Waals surface area contributed by atoms with Crippen LogP contribution in [0.5, 0.6) is 5.88 Å². The Balaban J connectivity index is 3.12. The maximum atomic E-state index is 8.43. The maximum absolute atomic E-state index is 8.43. The van der Waals surface area contributed by atoms with Crippen molar-refractivity contribution in [2.45, 2.75) is 6.92 Å². The van der Waals surface area contributed by atoms with Crippen LogP contribution < -0.4 is 4.74 Å². The summed E-state index contributed by atoms with van der Waals surface area (Å²) < 4.78 is 4.86. The second-order valence-electron chi connectivity index (χ2n) is 2.03. The van der Waals surface area contributed by atoms with Crippen molar-refractivity contribution in [1.82, 2.24) is 10.2 Å². The van der Waals surface area contributed by atoms with Crippen LogP contribution in [0.4, 0.5) is 0 Å². The van der Waals surface area contributed by atoms with Gasteiger partial charge in [-0.2, -0.15) is 5.26 Å². The Morgan fingerprint density at radius 2 is 2.27 bits per heavy atom. The van der Waals surface area contributed by atoms with Gasteiger partial charge >= 0.3 is 0 Å². The number of methoxy groups -OCH3 is 1. The molecule has 0 aliphatic rings. The smallest absolute Gasteiger partial charge is 0.236 e. The summed E-state index contributed by atoms with van der Waals surface area (Å²) in [7, 11) is 1.52. The normalized spacial score (nSPS) is 8.82. The van der Waals surface area contributed by atoms with E-state index in [0.717, 1.165) is 5.56 Å². The summed E-state index contributed by atoms with van der Waals surface area (Å²) >= 11 is 0. The molecule has 1 aromatic rings. The van der Waals surface area contributed by atoms with Crippen molar-refractivity contribution in [2.24, 2.45) is 0 Å². The molecule has 0 radical (unpaired) electrons. The largest absolute Gasteiger partial charge is 0.480 e. The van der Waals surface area contributed by atoms with Crippen LogP contribution in [0.2, 0.25) is 0 Å². The van der Waals surface area contributed by atoms with E-state index in [1.165, 1.54) is 7.11 Å². The fourth-order valence-corrected chi connectivity index (χ4v) is 0.730. The molecular weight excluding hydrogens is 142 g/mol. The Hall–Kier alpha value is -1.63. The first-order valence-corrected chi connectivity index (χ1v) is 3.06. The summed E-state index contributed by atoms with van der Waals surface area (Å²) in [5, 5.41) is 15.7. The molecule has 11 heavy (non-hydrogen) atoms. The van der Waals surface area contributed by atoms with Gasteiger partial charge in [-0.1, -0.05) is 0 Å². The van der Waals surface area contributed by atoms with Gasteiger partial charge in [-0.15, -0.1) is 10.2 Å². The molecule has 1 heterocycles. The fraction of sp³-hybridized carbons (Fsp3) is 0.286. The van der Waals surface area contributed by atoms with Crippen molar-refractivity contribution in [3.63, 3.8) is 0 Å². The number of rotatable bonds is 1. The average molecular weight is 149 g/mol. The van der Waals surface area contributed by atoms with Crippen LogP contribution in [0.3, 0.4) is 0 Å². The first-order valence-electron chi connectivity index (χ1n) is 3.06. The van der Waals surface area contributed by atoms with Crippen LogP contribution in [0, 0.1) is 18.3 Å². The molecule has 0 bridgehead atoms. The van der Waals surface area contributed by atoms with E-state index in [1.54, 1.807) is 6.07 Å². The highest BCUT2D eigenvalue weighted by atomic mass is 16.5. The summed E-state index contributed by atoms with van der Waals surface area (Å²) in [5.74, 6) is 0.462. The number of nitrogens with zero attached hydrogens (tertiary/aromatic N) is 3. The minimum atomic E-state index is 0.309. The molecule has 0 N–H and O–H groups in total. The monoisotopic (exact) mass is 149 g/mol. The van der Waals surface area contributed by atoms with Crippen molar-refractivity contribution in [1.29, 1.82) is 5.26 Å². The molecule has 0 aliphatic carbocycles. The predicted molar refractivity (Wildman–Crippen MR) is 38.0 cm³/mol. The third kappa shape index (κ3) is 1.44. The Labute approximate surface area is 64.4 Å². The highest BCUT2D eigenvalue weighted by Crippen LogP contribution is 2.11. The van der Waals surface area contributed by atoms with Crippen molar-refractivity contribution >= 4 is 0 Å². The lowest BCUT2D eigenvalue weighted by atomic mass is 10.3. The molecule has 0 saturated heterocycles. The van der Waals surface area contributed by atoms with Crippen molar-refractivity contribution < 1.29 is 4.74 Å². The molecule has 56 valence electrons. The van der Waals surface area contributed by atoms with Crippen molar-refractivity contribution in [3.8, 4) is 11.9 Å².